The van der Waals surface area contributed by atoms with Crippen molar-refractivity contribution < 1.29 is 16.9 Å². The Morgan fingerprint density at radius 1 is 1.18 bits per heavy atom. The highest BCUT2D eigenvalue weighted by atomic mass is 35.5. The number of likely N-dealkylation sites (N-methyl/N-ethyl adjacent to an activating group) is 2. The molecule has 0 amide bonds. The van der Waals surface area contributed by atoms with Gasteiger partial charge in [0, 0.05) is 12.2 Å². The first-order valence-electron chi connectivity index (χ1n) is 6.04. The van der Waals surface area contributed by atoms with E-state index in [1.165, 1.54) is 17.8 Å². The minimum atomic E-state index is 0. The predicted molar refractivity (Wildman–Crippen MR) is 72.0 cm³/mol. The summed E-state index contributed by atoms with van der Waals surface area (Å²) in [6, 6.07) is 8.75. The lowest BCUT2D eigenvalue weighted by molar-refractivity contribution is -0.868. The van der Waals surface area contributed by atoms with Crippen LogP contribution in [0.25, 0.3) is 0 Å². The topological polar surface area (TPSA) is 3.24 Å². The Morgan fingerprint density at radius 3 is 2.29 bits per heavy atom. The highest BCUT2D eigenvalue weighted by molar-refractivity contribution is 5.48. The Kier molecular flexibility index (Phi) is 6.58. The van der Waals surface area contributed by atoms with Crippen molar-refractivity contribution in [3.8, 4) is 0 Å². The zero-order valence-corrected chi connectivity index (χ0v) is 12.5. The fraction of sp³-hybridized carbons (Fsp3) is 0.571. The van der Waals surface area contributed by atoms with E-state index in [9.17, 15) is 0 Å². The molecule has 0 spiro atoms. The van der Waals surface area contributed by atoms with Crippen molar-refractivity contribution >= 4 is 5.69 Å². The molecule has 98 valence electrons. The van der Waals surface area contributed by atoms with E-state index < -0.39 is 0 Å². The van der Waals surface area contributed by atoms with Gasteiger partial charge in [-0.2, -0.15) is 0 Å². The number of aryl methyl sites for hydroxylation is 1. The van der Waals surface area contributed by atoms with Crippen LogP contribution in [-0.2, 0) is 0 Å². The number of anilines is 1. The third-order valence-electron chi connectivity index (χ3n) is 2.79. The molecule has 0 aliphatic heterocycles. The van der Waals surface area contributed by atoms with Crippen LogP contribution in [0.3, 0.4) is 0 Å². The molecule has 0 aliphatic rings. The maximum absolute atomic E-state index is 2.44. The van der Waals surface area contributed by atoms with Crippen LogP contribution in [0.2, 0.25) is 0 Å². The quantitative estimate of drug-likeness (QED) is 0.644. The Labute approximate surface area is 112 Å². The van der Waals surface area contributed by atoms with Gasteiger partial charge in [-0.25, -0.2) is 0 Å². The average molecular weight is 257 g/mol. The molecular weight excluding hydrogens is 232 g/mol. The lowest BCUT2D eigenvalue weighted by Gasteiger charge is -2.29. The van der Waals surface area contributed by atoms with Gasteiger partial charge in [-0.15, -0.1) is 0 Å². The summed E-state index contributed by atoms with van der Waals surface area (Å²) in [5.41, 5.74) is 2.68. The maximum Gasteiger partial charge on any atom is 0.0958 e. The fourth-order valence-corrected chi connectivity index (χ4v) is 1.72. The van der Waals surface area contributed by atoms with E-state index in [0.717, 1.165) is 17.6 Å². The minimum Gasteiger partial charge on any atom is -1.00 e. The van der Waals surface area contributed by atoms with E-state index in [0.29, 0.717) is 0 Å². The van der Waals surface area contributed by atoms with E-state index in [1.807, 2.05) is 0 Å². The molecule has 0 fully saturated rings. The van der Waals surface area contributed by atoms with Crippen molar-refractivity contribution in [1.29, 1.82) is 0 Å². The van der Waals surface area contributed by atoms with E-state index in [4.69, 9.17) is 0 Å². The third-order valence-corrected chi connectivity index (χ3v) is 2.79. The number of nitrogens with zero attached hydrogens (tertiary/aromatic N) is 2. The zero-order chi connectivity index (χ0) is 12.2. The standard InChI is InChI=1S/C14H25N2.ClH/c1-6-15(10-11-16(3,4)5)14-9-7-8-13(2)12-14;/h7-9,12H,6,10-11H2,1-5H3;1H/q+1;/p-1. The van der Waals surface area contributed by atoms with Crippen molar-refractivity contribution in [1.82, 2.24) is 0 Å². The molecule has 3 heteroatoms. The van der Waals surface area contributed by atoms with Gasteiger partial charge in [-0.05, 0) is 31.5 Å². The Balaban J connectivity index is 0.00000256. The number of benzene rings is 1. The smallest absolute Gasteiger partial charge is 0.0958 e. The first-order valence-corrected chi connectivity index (χ1v) is 6.04. The largest absolute Gasteiger partial charge is 1.00 e. The fourth-order valence-electron chi connectivity index (χ4n) is 1.72. The molecule has 0 unspecified atom stereocenters. The maximum atomic E-state index is 2.44. The molecule has 0 bridgehead atoms. The van der Waals surface area contributed by atoms with Gasteiger partial charge in [0.05, 0.1) is 34.2 Å². The first kappa shape index (κ1) is 16.3. The molecule has 0 heterocycles. The predicted octanol–water partition coefficient (Wildman–Crippen LogP) is -0.468. The SMILES string of the molecule is CCN(CC[N+](C)(C)C)c1cccc(C)c1.[Cl-]. The van der Waals surface area contributed by atoms with E-state index in [2.05, 4.69) is 64.2 Å². The minimum absolute atomic E-state index is 0. The molecule has 0 saturated heterocycles. The average Bonchev–Trinajstić information content (AvgIpc) is 2.17. The number of hydrogen-bond acceptors (Lipinski definition) is 1. The van der Waals surface area contributed by atoms with Crippen molar-refractivity contribution in [3.63, 3.8) is 0 Å². The molecule has 1 aromatic carbocycles. The van der Waals surface area contributed by atoms with E-state index >= 15 is 0 Å². The molecule has 0 N–H and O–H groups in total. The van der Waals surface area contributed by atoms with Crippen LogP contribution in [0.5, 0.6) is 0 Å². The molecule has 0 saturated carbocycles. The Morgan fingerprint density at radius 2 is 1.82 bits per heavy atom. The summed E-state index contributed by atoms with van der Waals surface area (Å²) in [6.45, 7) is 7.73. The van der Waals surface area contributed by atoms with Crippen LogP contribution in [0.15, 0.2) is 24.3 Å². The normalized spacial score (nSPS) is 10.9. The molecule has 1 rings (SSSR count). The van der Waals surface area contributed by atoms with Crippen LogP contribution >= 0.6 is 0 Å². The Hall–Kier alpha value is -0.730. The molecule has 0 atom stereocenters. The van der Waals surface area contributed by atoms with Crippen molar-refractivity contribution in [2.45, 2.75) is 13.8 Å². The van der Waals surface area contributed by atoms with Crippen LogP contribution < -0.4 is 17.3 Å². The van der Waals surface area contributed by atoms with E-state index in [1.54, 1.807) is 0 Å². The molecule has 17 heavy (non-hydrogen) atoms. The molecular formula is C14H25ClN2. The monoisotopic (exact) mass is 256 g/mol. The van der Waals surface area contributed by atoms with Crippen LogP contribution in [0, 0.1) is 6.92 Å². The van der Waals surface area contributed by atoms with Gasteiger partial charge in [0.1, 0.15) is 0 Å². The van der Waals surface area contributed by atoms with Gasteiger partial charge >= 0.3 is 0 Å². The number of quaternary nitrogens is 1. The summed E-state index contributed by atoms with van der Waals surface area (Å²) in [5, 5.41) is 0. The summed E-state index contributed by atoms with van der Waals surface area (Å²) in [7, 11) is 6.72. The van der Waals surface area contributed by atoms with Crippen molar-refractivity contribution in [2.24, 2.45) is 0 Å². The van der Waals surface area contributed by atoms with Gasteiger partial charge in [-0.3, -0.25) is 0 Å². The summed E-state index contributed by atoms with van der Waals surface area (Å²) < 4.78 is 1.02. The number of halogens is 1. The molecule has 1 aromatic rings. The van der Waals surface area contributed by atoms with Crippen molar-refractivity contribution in [2.75, 3.05) is 45.7 Å². The highest BCUT2D eigenvalue weighted by Crippen LogP contribution is 2.15. The summed E-state index contributed by atoms with van der Waals surface area (Å²) in [6.07, 6.45) is 0. The van der Waals surface area contributed by atoms with Gasteiger partial charge in [0.2, 0.25) is 0 Å². The van der Waals surface area contributed by atoms with Gasteiger partial charge in [0.25, 0.3) is 0 Å². The second-order valence-corrected chi connectivity index (χ2v) is 5.43. The molecule has 0 radical (unpaired) electrons. The summed E-state index contributed by atoms with van der Waals surface area (Å²) in [5.74, 6) is 0. The molecule has 2 nitrogen and oxygen atoms in total. The van der Waals surface area contributed by atoms with Gasteiger partial charge in [0.15, 0.2) is 0 Å². The van der Waals surface area contributed by atoms with Crippen molar-refractivity contribution in [3.05, 3.63) is 29.8 Å². The third kappa shape index (κ3) is 5.94. The lowest BCUT2D eigenvalue weighted by atomic mass is 10.2. The van der Waals surface area contributed by atoms with Crippen LogP contribution in [0.4, 0.5) is 5.69 Å². The number of hydrogen-bond donors (Lipinski definition) is 0. The van der Waals surface area contributed by atoms with E-state index in [-0.39, 0.29) is 12.4 Å². The van der Waals surface area contributed by atoms with Crippen LogP contribution in [0.1, 0.15) is 12.5 Å². The Bertz CT molecular complexity index is 331. The van der Waals surface area contributed by atoms with Crippen LogP contribution in [-0.4, -0.2) is 45.3 Å². The van der Waals surface area contributed by atoms with Gasteiger partial charge < -0.3 is 21.8 Å². The summed E-state index contributed by atoms with van der Waals surface area (Å²) in [4.78, 5) is 2.44. The highest BCUT2D eigenvalue weighted by Gasteiger charge is 2.11. The first-order chi connectivity index (χ1) is 7.42. The summed E-state index contributed by atoms with van der Waals surface area (Å²) >= 11 is 0. The second-order valence-electron chi connectivity index (χ2n) is 5.43. The molecule has 0 aliphatic carbocycles. The second kappa shape index (κ2) is 6.87. The zero-order valence-electron chi connectivity index (χ0n) is 11.7. The molecule has 0 aromatic heterocycles. The van der Waals surface area contributed by atoms with Gasteiger partial charge in [-0.1, -0.05) is 12.1 Å². The lowest BCUT2D eigenvalue weighted by Crippen LogP contribution is -3.00. The number of rotatable bonds is 5.